The van der Waals surface area contributed by atoms with Crippen LogP contribution in [0.1, 0.15) is 5.89 Å². The molecule has 5 aromatic heterocycles. The van der Waals surface area contributed by atoms with E-state index in [-0.39, 0.29) is 5.56 Å². The molecule has 0 aliphatic heterocycles. The van der Waals surface area contributed by atoms with Gasteiger partial charge in [0.15, 0.2) is 10.9 Å². The minimum Gasteiger partial charge on any atom is -0.461 e. The molecular formula is C20H14N4O3S3. The Labute approximate surface area is 182 Å². The van der Waals surface area contributed by atoms with Gasteiger partial charge in [0.25, 0.3) is 5.56 Å². The van der Waals surface area contributed by atoms with Crippen LogP contribution in [0.25, 0.3) is 32.2 Å². The van der Waals surface area contributed by atoms with E-state index in [1.807, 2.05) is 22.9 Å². The van der Waals surface area contributed by atoms with Crippen LogP contribution in [-0.2, 0) is 12.3 Å². The maximum atomic E-state index is 13.3. The van der Waals surface area contributed by atoms with Crippen LogP contribution < -0.4 is 5.56 Å². The molecule has 0 saturated carbocycles. The monoisotopic (exact) mass is 454 g/mol. The molecule has 0 N–H and O–H groups in total. The largest absolute Gasteiger partial charge is 0.461 e. The first-order chi connectivity index (χ1) is 14.7. The lowest BCUT2D eigenvalue weighted by Gasteiger charge is -2.09. The molecule has 7 nitrogen and oxygen atoms in total. The fraction of sp³-hybridized carbons (Fsp3) is 0.100. The van der Waals surface area contributed by atoms with Gasteiger partial charge in [-0.15, -0.1) is 29.3 Å². The Morgan fingerprint density at radius 3 is 2.93 bits per heavy atom. The zero-order valence-corrected chi connectivity index (χ0v) is 17.9. The molecule has 0 spiro atoms. The summed E-state index contributed by atoms with van der Waals surface area (Å²) in [5.74, 6) is 1.74. The quantitative estimate of drug-likeness (QED) is 0.187. The smallest absolute Gasteiger partial charge is 0.263 e. The second-order valence-electron chi connectivity index (χ2n) is 6.18. The van der Waals surface area contributed by atoms with Crippen molar-refractivity contribution in [2.75, 3.05) is 0 Å². The number of allylic oxidation sites excluding steroid dienone is 1. The van der Waals surface area contributed by atoms with Crippen molar-refractivity contribution in [3.8, 4) is 22.0 Å². The van der Waals surface area contributed by atoms with Crippen molar-refractivity contribution in [3.05, 3.63) is 70.2 Å². The predicted octanol–water partition coefficient (Wildman–Crippen LogP) is 5.31. The predicted molar refractivity (Wildman–Crippen MR) is 119 cm³/mol. The Balaban J connectivity index is 1.49. The number of rotatable bonds is 7. The van der Waals surface area contributed by atoms with E-state index >= 15 is 0 Å². The van der Waals surface area contributed by atoms with Crippen LogP contribution in [-0.4, -0.2) is 19.7 Å². The molecule has 5 aromatic rings. The third-order valence-electron chi connectivity index (χ3n) is 4.29. The fourth-order valence-electron chi connectivity index (χ4n) is 2.96. The third-order valence-corrected chi connectivity index (χ3v) is 7.03. The summed E-state index contributed by atoms with van der Waals surface area (Å²) in [4.78, 5) is 24.2. The van der Waals surface area contributed by atoms with Gasteiger partial charge in [0.2, 0.25) is 11.7 Å². The highest BCUT2D eigenvalue weighted by Crippen LogP contribution is 2.35. The summed E-state index contributed by atoms with van der Waals surface area (Å²) in [6.07, 6.45) is 3.25. The van der Waals surface area contributed by atoms with Crippen LogP contribution in [0.2, 0.25) is 0 Å². The lowest BCUT2D eigenvalue weighted by atomic mass is 10.2. The van der Waals surface area contributed by atoms with Gasteiger partial charge in [-0.05, 0) is 23.6 Å². The lowest BCUT2D eigenvalue weighted by molar-refractivity contribution is 0.390. The molecule has 0 bridgehead atoms. The van der Waals surface area contributed by atoms with Crippen LogP contribution in [0.4, 0.5) is 0 Å². The lowest BCUT2D eigenvalue weighted by Crippen LogP contribution is -2.22. The van der Waals surface area contributed by atoms with Crippen LogP contribution in [0.3, 0.4) is 0 Å². The molecule has 5 rings (SSSR count). The molecule has 150 valence electrons. The Hall–Kier alpha value is -2.95. The summed E-state index contributed by atoms with van der Waals surface area (Å²) >= 11 is 4.45. The van der Waals surface area contributed by atoms with Gasteiger partial charge in [0.1, 0.15) is 4.83 Å². The highest BCUT2D eigenvalue weighted by atomic mass is 32.2. The van der Waals surface area contributed by atoms with E-state index in [0.717, 1.165) is 10.4 Å². The van der Waals surface area contributed by atoms with Gasteiger partial charge in [-0.3, -0.25) is 9.36 Å². The van der Waals surface area contributed by atoms with E-state index in [1.54, 1.807) is 40.4 Å². The van der Waals surface area contributed by atoms with E-state index in [1.165, 1.54) is 23.1 Å². The van der Waals surface area contributed by atoms with Crippen molar-refractivity contribution >= 4 is 44.7 Å². The molecule has 0 aliphatic carbocycles. The maximum Gasteiger partial charge on any atom is 0.263 e. The summed E-state index contributed by atoms with van der Waals surface area (Å²) in [6.45, 7) is 4.15. The highest BCUT2D eigenvalue weighted by molar-refractivity contribution is 7.98. The van der Waals surface area contributed by atoms with Gasteiger partial charge in [-0.2, -0.15) is 4.98 Å². The van der Waals surface area contributed by atoms with E-state index in [9.17, 15) is 4.79 Å². The van der Waals surface area contributed by atoms with Gasteiger partial charge in [-0.25, -0.2) is 4.98 Å². The molecular weight excluding hydrogens is 440 g/mol. The van der Waals surface area contributed by atoms with Crippen molar-refractivity contribution < 1.29 is 8.94 Å². The molecule has 0 atom stereocenters. The first-order valence-corrected chi connectivity index (χ1v) is 11.6. The highest BCUT2D eigenvalue weighted by Gasteiger charge is 2.18. The average Bonchev–Trinajstić information content (AvgIpc) is 3.55. The van der Waals surface area contributed by atoms with Gasteiger partial charge < -0.3 is 8.94 Å². The van der Waals surface area contributed by atoms with Crippen molar-refractivity contribution in [2.24, 2.45) is 0 Å². The van der Waals surface area contributed by atoms with Gasteiger partial charge >= 0.3 is 0 Å². The Morgan fingerprint density at radius 1 is 1.23 bits per heavy atom. The van der Waals surface area contributed by atoms with E-state index in [2.05, 4.69) is 16.7 Å². The summed E-state index contributed by atoms with van der Waals surface area (Å²) in [6, 6.07) is 7.52. The summed E-state index contributed by atoms with van der Waals surface area (Å²) < 4.78 is 12.2. The summed E-state index contributed by atoms with van der Waals surface area (Å²) in [7, 11) is 0. The van der Waals surface area contributed by atoms with Crippen molar-refractivity contribution in [1.29, 1.82) is 0 Å². The first-order valence-electron chi connectivity index (χ1n) is 8.90. The molecule has 0 fully saturated rings. The number of aromatic nitrogens is 4. The summed E-state index contributed by atoms with van der Waals surface area (Å²) in [5.41, 5.74) is 0.853. The topological polar surface area (TPSA) is 86.9 Å². The second kappa shape index (κ2) is 8.05. The number of thiophene rings is 2. The molecule has 0 unspecified atom stereocenters. The minimum absolute atomic E-state index is 0.0751. The molecule has 10 heteroatoms. The van der Waals surface area contributed by atoms with Crippen LogP contribution >= 0.6 is 34.4 Å². The number of fused-ring (bicyclic) bond motifs is 1. The van der Waals surface area contributed by atoms with Crippen LogP contribution in [0, 0.1) is 0 Å². The molecule has 0 amide bonds. The average molecular weight is 455 g/mol. The zero-order chi connectivity index (χ0) is 20.5. The number of hydrogen-bond donors (Lipinski definition) is 0. The first kappa shape index (κ1) is 19.0. The Kier molecular flexibility index (Phi) is 5.11. The second-order valence-corrected chi connectivity index (χ2v) is 8.93. The Morgan fingerprint density at radius 2 is 2.17 bits per heavy atom. The van der Waals surface area contributed by atoms with Crippen molar-refractivity contribution in [2.45, 2.75) is 17.5 Å². The summed E-state index contributed by atoms with van der Waals surface area (Å²) in [5, 5.41) is 9.16. The number of thioether (sulfide) groups is 1. The fourth-order valence-corrected chi connectivity index (χ4v) is 5.61. The zero-order valence-electron chi connectivity index (χ0n) is 15.5. The SMILES string of the molecule is C=CCn1c(SCc2nc(-c3ccco3)no2)nc2scc(-c3cccs3)c2c1=O. The van der Waals surface area contributed by atoms with Crippen LogP contribution in [0.5, 0.6) is 0 Å². The van der Waals surface area contributed by atoms with Gasteiger partial charge in [0, 0.05) is 22.4 Å². The number of nitrogens with zero attached hydrogens (tertiary/aromatic N) is 4. The van der Waals surface area contributed by atoms with Gasteiger partial charge in [0.05, 0.1) is 17.4 Å². The maximum absolute atomic E-state index is 13.3. The normalized spacial score (nSPS) is 11.3. The number of hydrogen-bond acceptors (Lipinski definition) is 9. The van der Waals surface area contributed by atoms with Gasteiger partial charge in [-0.1, -0.05) is 29.1 Å². The van der Waals surface area contributed by atoms with E-state index in [4.69, 9.17) is 13.9 Å². The molecule has 0 aromatic carbocycles. The van der Waals surface area contributed by atoms with Crippen LogP contribution in [0.15, 0.2) is 72.8 Å². The molecule has 0 radical (unpaired) electrons. The standard InChI is InChI=1S/C20H14N4O3S3/c1-2-7-24-19(25)16-12(14-6-4-9-28-14)10-29-18(16)22-20(24)30-11-15-21-17(23-27-15)13-5-3-8-26-13/h2-6,8-10H,1,7,11H2. The van der Waals surface area contributed by atoms with E-state index < -0.39 is 0 Å². The van der Waals surface area contributed by atoms with E-state index in [0.29, 0.717) is 45.1 Å². The molecule has 0 aliphatic rings. The third kappa shape index (κ3) is 3.42. The number of furan rings is 1. The Bertz CT molecular complexity index is 1360. The van der Waals surface area contributed by atoms with Crippen molar-refractivity contribution in [3.63, 3.8) is 0 Å². The molecule has 30 heavy (non-hydrogen) atoms. The minimum atomic E-state index is -0.0751. The molecule has 0 saturated heterocycles. The molecule has 5 heterocycles. The van der Waals surface area contributed by atoms with Crippen molar-refractivity contribution in [1.82, 2.24) is 19.7 Å².